The number of piperidine rings is 2. The molecule has 132 valence electrons. The number of hydrogen-bond donors (Lipinski definition) is 0. The molecule has 1 aromatic rings. The molecule has 0 radical (unpaired) electrons. The van der Waals surface area contributed by atoms with E-state index in [1.807, 2.05) is 36.0 Å². The molecule has 0 aromatic carbocycles. The molecule has 0 bridgehead atoms. The molecule has 0 spiro atoms. The first-order chi connectivity index (χ1) is 11.6. The summed E-state index contributed by atoms with van der Waals surface area (Å²) in [5.74, 6) is 2.10. The molecular formula is C18H28N4O2. The summed E-state index contributed by atoms with van der Waals surface area (Å²) >= 11 is 0. The van der Waals surface area contributed by atoms with Crippen molar-refractivity contribution in [3.63, 3.8) is 0 Å². The number of nitrogens with zero attached hydrogens (tertiary/aromatic N) is 4. The molecule has 6 heteroatoms. The molecule has 24 heavy (non-hydrogen) atoms. The summed E-state index contributed by atoms with van der Waals surface area (Å²) in [6, 6.07) is 0. The Labute approximate surface area is 143 Å². The molecule has 1 atom stereocenters. The number of imidazole rings is 1. The minimum absolute atomic E-state index is 0.00454. The number of carbonyl (C=O) groups is 2. The van der Waals surface area contributed by atoms with Crippen LogP contribution in [0, 0.1) is 18.8 Å². The fraction of sp³-hybridized carbons (Fsp3) is 0.722. The monoisotopic (exact) mass is 332 g/mol. The minimum Gasteiger partial charge on any atom is -0.342 e. The highest BCUT2D eigenvalue weighted by molar-refractivity contribution is 5.83. The molecule has 0 aliphatic carbocycles. The van der Waals surface area contributed by atoms with Crippen LogP contribution in [0.1, 0.15) is 38.4 Å². The van der Waals surface area contributed by atoms with Crippen LogP contribution in [0.5, 0.6) is 0 Å². The quantitative estimate of drug-likeness (QED) is 0.843. The number of hydrogen-bond acceptors (Lipinski definition) is 3. The summed E-state index contributed by atoms with van der Waals surface area (Å²) in [7, 11) is 0. The van der Waals surface area contributed by atoms with Crippen molar-refractivity contribution in [3.05, 3.63) is 18.2 Å². The molecule has 3 heterocycles. The van der Waals surface area contributed by atoms with Crippen LogP contribution in [0.15, 0.2) is 12.4 Å². The predicted molar refractivity (Wildman–Crippen MR) is 91.2 cm³/mol. The molecule has 0 N–H and O–H groups in total. The van der Waals surface area contributed by atoms with E-state index in [-0.39, 0.29) is 17.7 Å². The number of carbonyl (C=O) groups excluding carboxylic acids is 2. The molecule has 1 aromatic heterocycles. The van der Waals surface area contributed by atoms with Crippen molar-refractivity contribution >= 4 is 11.8 Å². The van der Waals surface area contributed by atoms with Crippen molar-refractivity contribution in [2.75, 3.05) is 26.2 Å². The SMILES string of the molecule is CCN1C[C@@H](C(=O)N2CCC(Cn3ccnc3C)CC2)CCC1=O. The van der Waals surface area contributed by atoms with E-state index < -0.39 is 0 Å². The minimum atomic E-state index is -0.00454. The van der Waals surface area contributed by atoms with E-state index in [1.54, 1.807) is 0 Å². The Hall–Kier alpha value is -1.85. The maximum Gasteiger partial charge on any atom is 0.227 e. The van der Waals surface area contributed by atoms with Gasteiger partial charge in [0, 0.05) is 51.5 Å². The van der Waals surface area contributed by atoms with Crippen molar-refractivity contribution in [3.8, 4) is 0 Å². The molecule has 2 fully saturated rings. The van der Waals surface area contributed by atoms with Crippen LogP contribution in [-0.2, 0) is 16.1 Å². The van der Waals surface area contributed by atoms with Gasteiger partial charge in [0.2, 0.25) is 11.8 Å². The third kappa shape index (κ3) is 3.62. The lowest BCUT2D eigenvalue weighted by Gasteiger charge is -2.37. The lowest BCUT2D eigenvalue weighted by molar-refractivity contribution is -0.143. The summed E-state index contributed by atoms with van der Waals surface area (Å²) in [5.41, 5.74) is 0. The van der Waals surface area contributed by atoms with Crippen LogP contribution in [-0.4, -0.2) is 57.3 Å². The van der Waals surface area contributed by atoms with E-state index in [1.165, 1.54) is 0 Å². The molecule has 2 amide bonds. The van der Waals surface area contributed by atoms with Crippen LogP contribution in [0.2, 0.25) is 0 Å². The van der Waals surface area contributed by atoms with Gasteiger partial charge >= 0.3 is 0 Å². The highest BCUT2D eigenvalue weighted by atomic mass is 16.2. The highest BCUT2D eigenvalue weighted by Gasteiger charge is 2.33. The van der Waals surface area contributed by atoms with Crippen LogP contribution < -0.4 is 0 Å². The first-order valence-electron chi connectivity index (χ1n) is 9.12. The molecule has 2 aliphatic heterocycles. The van der Waals surface area contributed by atoms with Gasteiger partial charge in [0.25, 0.3) is 0 Å². The summed E-state index contributed by atoms with van der Waals surface area (Å²) in [6.45, 7) is 7.99. The number of aromatic nitrogens is 2. The van der Waals surface area contributed by atoms with Crippen LogP contribution in [0.25, 0.3) is 0 Å². The second-order valence-electron chi connectivity index (χ2n) is 7.06. The Balaban J connectivity index is 1.50. The van der Waals surface area contributed by atoms with Gasteiger partial charge < -0.3 is 14.4 Å². The van der Waals surface area contributed by atoms with Crippen LogP contribution in [0.3, 0.4) is 0 Å². The van der Waals surface area contributed by atoms with Crippen LogP contribution >= 0.6 is 0 Å². The maximum absolute atomic E-state index is 12.8. The van der Waals surface area contributed by atoms with Gasteiger partial charge in [-0.05, 0) is 39.0 Å². The van der Waals surface area contributed by atoms with Gasteiger partial charge in [-0.2, -0.15) is 0 Å². The Bertz CT molecular complexity index is 590. The first-order valence-corrected chi connectivity index (χ1v) is 9.12. The largest absolute Gasteiger partial charge is 0.342 e. The zero-order chi connectivity index (χ0) is 17.1. The predicted octanol–water partition coefficient (Wildman–Crippen LogP) is 1.69. The standard InChI is InChI=1S/C18H28N4O2/c1-3-20-13-16(4-5-17(20)23)18(24)21-9-6-15(7-10-21)12-22-11-8-19-14(22)2/h8,11,15-16H,3-7,9-10,12-13H2,1-2H3/t16-/m0/s1. The third-order valence-corrected chi connectivity index (χ3v) is 5.54. The summed E-state index contributed by atoms with van der Waals surface area (Å²) < 4.78 is 2.20. The van der Waals surface area contributed by atoms with Crippen LogP contribution in [0.4, 0.5) is 0 Å². The topological polar surface area (TPSA) is 58.4 Å². The lowest BCUT2D eigenvalue weighted by atomic mass is 9.92. The zero-order valence-electron chi connectivity index (χ0n) is 14.8. The van der Waals surface area contributed by atoms with Gasteiger partial charge in [-0.15, -0.1) is 0 Å². The van der Waals surface area contributed by atoms with E-state index in [0.717, 1.165) is 38.3 Å². The Morgan fingerprint density at radius 3 is 2.67 bits per heavy atom. The smallest absolute Gasteiger partial charge is 0.227 e. The second-order valence-corrected chi connectivity index (χ2v) is 7.06. The second kappa shape index (κ2) is 7.36. The third-order valence-electron chi connectivity index (χ3n) is 5.54. The van der Waals surface area contributed by atoms with Crippen molar-refractivity contribution in [2.24, 2.45) is 11.8 Å². The summed E-state index contributed by atoms with van der Waals surface area (Å²) in [4.78, 5) is 32.7. The van der Waals surface area contributed by atoms with Crippen molar-refractivity contribution in [1.29, 1.82) is 0 Å². The van der Waals surface area contributed by atoms with E-state index >= 15 is 0 Å². The Morgan fingerprint density at radius 2 is 2.04 bits per heavy atom. The Morgan fingerprint density at radius 1 is 1.29 bits per heavy atom. The number of aryl methyl sites for hydroxylation is 1. The first kappa shape index (κ1) is 17.0. The number of likely N-dealkylation sites (tertiary alicyclic amines) is 2. The summed E-state index contributed by atoms with van der Waals surface area (Å²) in [5, 5.41) is 0. The molecule has 0 saturated carbocycles. The average Bonchev–Trinajstić information content (AvgIpc) is 3.00. The van der Waals surface area contributed by atoms with Crippen molar-refractivity contribution in [1.82, 2.24) is 19.4 Å². The highest BCUT2D eigenvalue weighted by Crippen LogP contribution is 2.24. The number of amides is 2. The van der Waals surface area contributed by atoms with Crippen molar-refractivity contribution < 1.29 is 9.59 Å². The van der Waals surface area contributed by atoms with Gasteiger partial charge in [0.05, 0.1) is 5.92 Å². The Kier molecular flexibility index (Phi) is 5.21. The molecule has 0 unspecified atom stereocenters. The summed E-state index contributed by atoms with van der Waals surface area (Å²) in [6.07, 6.45) is 7.20. The van der Waals surface area contributed by atoms with Gasteiger partial charge in [0.15, 0.2) is 0 Å². The van der Waals surface area contributed by atoms with Gasteiger partial charge in [0.1, 0.15) is 5.82 Å². The molecule has 3 rings (SSSR count). The van der Waals surface area contributed by atoms with Gasteiger partial charge in [-0.1, -0.05) is 0 Å². The maximum atomic E-state index is 12.8. The van der Waals surface area contributed by atoms with Gasteiger partial charge in [-0.25, -0.2) is 4.98 Å². The molecule has 2 aliphatic rings. The lowest BCUT2D eigenvalue weighted by Crippen LogP contribution is -2.49. The van der Waals surface area contributed by atoms with E-state index in [9.17, 15) is 9.59 Å². The van der Waals surface area contributed by atoms with Crippen molar-refractivity contribution in [2.45, 2.75) is 46.1 Å². The van der Waals surface area contributed by atoms with E-state index in [2.05, 4.69) is 9.55 Å². The van der Waals surface area contributed by atoms with E-state index in [0.29, 0.717) is 31.8 Å². The molecular weight excluding hydrogens is 304 g/mol. The van der Waals surface area contributed by atoms with E-state index in [4.69, 9.17) is 0 Å². The normalized spacial score (nSPS) is 22.9. The zero-order valence-corrected chi connectivity index (χ0v) is 14.8. The fourth-order valence-electron chi connectivity index (χ4n) is 3.89. The molecule has 6 nitrogen and oxygen atoms in total. The number of rotatable bonds is 4. The van der Waals surface area contributed by atoms with Gasteiger partial charge in [-0.3, -0.25) is 9.59 Å². The molecule has 2 saturated heterocycles. The average molecular weight is 332 g/mol. The fourth-order valence-corrected chi connectivity index (χ4v) is 3.89.